The maximum absolute atomic E-state index is 12.4. The molecule has 2 aliphatic heterocycles. The zero-order valence-electron chi connectivity index (χ0n) is 13.7. The zero-order chi connectivity index (χ0) is 16.9. The summed E-state index contributed by atoms with van der Waals surface area (Å²) in [6.07, 6.45) is 0.862. The molecule has 0 saturated carbocycles. The lowest BCUT2D eigenvalue weighted by atomic mass is 9.96. The van der Waals surface area contributed by atoms with Gasteiger partial charge in [-0.05, 0) is 5.92 Å². The molecule has 0 bridgehead atoms. The van der Waals surface area contributed by atoms with Crippen molar-refractivity contribution in [3.05, 3.63) is 17.0 Å². The first-order chi connectivity index (χ1) is 11.7. The van der Waals surface area contributed by atoms with E-state index in [0.29, 0.717) is 42.8 Å². The monoisotopic (exact) mass is 357 g/mol. The lowest BCUT2D eigenvalue weighted by Gasteiger charge is -2.30. The summed E-state index contributed by atoms with van der Waals surface area (Å²) < 4.78 is 10.4. The van der Waals surface area contributed by atoms with Gasteiger partial charge in [0.2, 0.25) is 5.91 Å². The van der Waals surface area contributed by atoms with Crippen molar-refractivity contribution < 1.29 is 19.2 Å². The predicted molar refractivity (Wildman–Crippen MR) is 87.7 cm³/mol. The van der Waals surface area contributed by atoms with Gasteiger partial charge >= 0.3 is 0 Å². The first-order valence-electron chi connectivity index (χ1n) is 8.45. The molecule has 134 valence electrons. The Balaban J connectivity index is 1.49. The summed E-state index contributed by atoms with van der Waals surface area (Å²) in [7, 11) is 0. The number of morpholine rings is 1. The Morgan fingerprint density at radius 1 is 1.33 bits per heavy atom. The SMILES string of the molecule is O=C(CCc1cc(Cl)no1)N1C[C@@H](CO)[C@@H](CN2CCOCC2)C1. The smallest absolute Gasteiger partial charge is 0.223 e. The highest BCUT2D eigenvalue weighted by atomic mass is 35.5. The van der Waals surface area contributed by atoms with Crippen molar-refractivity contribution in [2.24, 2.45) is 11.8 Å². The fourth-order valence-corrected chi connectivity index (χ4v) is 3.62. The number of likely N-dealkylation sites (tertiary alicyclic amines) is 1. The van der Waals surface area contributed by atoms with E-state index in [2.05, 4.69) is 10.1 Å². The lowest BCUT2D eigenvalue weighted by molar-refractivity contribution is -0.130. The standard InChI is InChI=1S/C16H24ClN3O4/c17-15-7-14(24-18-15)1-2-16(22)20-9-12(13(10-20)11-21)8-19-3-5-23-6-4-19/h7,12-13,21H,1-6,8-11H2/t12-,13-/m0/s1. The lowest BCUT2D eigenvalue weighted by Crippen LogP contribution is -2.41. The number of aliphatic hydroxyl groups excluding tert-OH is 1. The van der Waals surface area contributed by atoms with Gasteiger partial charge < -0.3 is 19.3 Å². The minimum absolute atomic E-state index is 0.0884. The Bertz CT molecular complexity index is 547. The van der Waals surface area contributed by atoms with Gasteiger partial charge in [0, 0.05) is 64.2 Å². The molecule has 1 amide bonds. The average molecular weight is 358 g/mol. The topological polar surface area (TPSA) is 79.0 Å². The number of carbonyl (C=O) groups excluding carboxylic acids is 1. The summed E-state index contributed by atoms with van der Waals surface area (Å²) in [6.45, 7) is 5.74. The maximum atomic E-state index is 12.4. The van der Waals surface area contributed by atoms with Crippen molar-refractivity contribution in [3.63, 3.8) is 0 Å². The Labute approximate surface area is 146 Å². The van der Waals surface area contributed by atoms with Crippen molar-refractivity contribution in [1.29, 1.82) is 0 Å². The third kappa shape index (κ3) is 4.47. The number of rotatable bonds is 6. The summed E-state index contributed by atoms with van der Waals surface area (Å²) in [4.78, 5) is 16.7. The number of hydrogen-bond donors (Lipinski definition) is 1. The molecule has 2 atom stereocenters. The summed E-state index contributed by atoms with van der Waals surface area (Å²) in [5.41, 5.74) is 0. The van der Waals surface area contributed by atoms with Crippen molar-refractivity contribution in [2.45, 2.75) is 12.8 Å². The van der Waals surface area contributed by atoms with E-state index >= 15 is 0 Å². The van der Waals surface area contributed by atoms with Gasteiger partial charge in [0.25, 0.3) is 0 Å². The molecule has 0 aliphatic carbocycles. The van der Waals surface area contributed by atoms with Gasteiger partial charge in [-0.1, -0.05) is 16.8 Å². The van der Waals surface area contributed by atoms with Crippen LogP contribution in [0.3, 0.4) is 0 Å². The molecule has 3 rings (SSSR count). The maximum Gasteiger partial charge on any atom is 0.223 e. The van der Waals surface area contributed by atoms with Crippen LogP contribution in [0.4, 0.5) is 0 Å². The second-order valence-electron chi connectivity index (χ2n) is 6.53. The number of aryl methyl sites for hydroxylation is 1. The van der Waals surface area contributed by atoms with Gasteiger partial charge in [0.05, 0.1) is 13.2 Å². The van der Waals surface area contributed by atoms with Crippen molar-refractivity contribution in [3.8, 4) is 0 Å². The second-order valence-corrected chi connectivity index (χ2v) is 6.92. The van der Waals surface area contributed by atoms with Crippen molar-refractivity contribution >= 4 is 17.5 Å². The van der Waals surface area contributed by atoms with E-state index in [1.165, 1.54) is 0 Å². The summed E-state index contributed by atoms with van der Waals surface area (Å²) in [5.74, 6) is 1.18. The van der Waals surface area contributed by atoms with Crippen LogP contribution in [0, 0.1) is 11.8 Å². The largest absolute Gasteiger partial charge is 0.396 e. The molecular formula is C16H24ClN3O4. The molecule has 0 aromatic carbocycles. The summed E-state index contributed by atoms with van der Waals surface area (Å²) in [5, 5.41) is 13.6. The number of aromatic nitrogens is 1. The number of amides is 1. The van der Waals surface area contributed by atoms with E-state index in [9.17, 15) is 9.90 Å². The third-order valence-corrected chi connectivity index (χ3v) is 5.05. The minimum atomic E-state index is 0.0884. The van der Waals surface area contributed by atoms with Gasteiger partial charge in [-0.15, -0.1) is 0 Å². The molecule has 0 unspecified atom stereocenters. The van der Waals surface area contributed by atoms with Crippen LogP contribution >= 0.6 is 11.6 Å². The third-order valence-electron chi connectivity index (χ3n) is 4.88. The highest BCUT2D eigenvalue weighted by Gasteiger charge is 2.35. The van der Waals surface area contributed by atoms with Crippen molar-refractivity contribution in [2.75, 3.05) is 52.5 Å². The average Bonchev–Trinajstić information content (AvgIpc) is 3.19. The number of carbonyl (C=O) groups is 1. The van der Waals surface area contributed by atoms with E-state index in [0.717, 1.165) is 32.8 Å². The quantitative estimate of drug-likeness (QED) is 0.805. The zero-order valence-corrected chi connectivity index (χ0v) is 14.5. The highest BCUT2D eigenvalue weighted by molar-refractivity contribution is 6.29. The molecular weight excluding hydrogens is 334 g/mol. The molecule has 2 fully saturated rings. The second kappa shape index (κ2) is 8.29. The molecule has 2 saturated heterocycles. The van der Waals surface area contributed by atoms with Crippen LogP contribution in [0.2, 0.25) is 5.15 Å². The van der Waals surface area contributed by atoms with Crippen LogP contribution in [-0.4, -0.2) is 78.5 Å². The number of nitrogens with zero attached hydrogens (tertiary/aromatic N) is 3. The molecule has 2 aliphatic rings. The molecule has 7 nitrogen and oxygen atoms in total. The van der Waals surface area contributed by atoms with Crippen LogP contribution in [0.5, 0.6) is 0 Å². The number of halogens is 1. The molecule has 8 heteroatoms. The number of hydrogen-bond acceptors (Lipinski definition) is 6. The van der Waals surface area contributed by atoms with E-state index in [1.54, 1.807) is 6.07 Å². The molecule has 24 heavy (non-hydrogen) atoms. The minimum Gasteiger partial charge on any atom is -0.396 e. The van der Waals surface area contributed by atoms with E-state index in [1.807, 2.05) is 4.90 Å². The van der Waals surface area contributed by atoms with Crippen LogP contribution in [-0.2, 0) is 16.0 Å². The van der Waals surface area contributed by atoms with E-state index in [-0.39, 0.29) is 18.4 Å². The highest BCUT2D eigenvalue weighted by Crippen LogP contribution is 2.25. The number of aliphatic hydroxyl groups is 1. The summed E-state index contributed by atoms with van der Waals surface area (Å²) in [6, 6.07) is 1.64. The Hall–Kier alpha value is -1.15. The Kier molecular flexibility index (Phi) is 6.10. The first-order valence-corrected chi connectivity index (χ1v) is 8.83. The number of ether oxygens (including phenoxy) is 1. The van der Waals surface area contributed by atoms with Crippen molar-refractivity contribution in [1.82, 2.24) is 15.0 Å². The van der Waals surface area contributed by atoms with Gasteiger partial charge in [0.15, 0.2) is 5.15 Å². The first kappa shape index (κ1) is 17.7. The Morgan fingerprint density at radius 2 is 2.08 bits per heavy atom. The molecule has 0 radical (unpaired) electrons. The van der Waals surface area contributed by atoms with Gasteiger partial charge in [-0.25, -0.2) is 0 Å². The van der Waals surface area contributed by atoms with Gasteiger partial charge in [-0.3, -0.25) is 9.69 Å². The normalized spacial score (nSPS) is 25.3. The Morgan fingerprint density at radius 3 is 2.75 bits per heavy atom. The van der Waals surface area contributed by atoms with Crippen LogP contribution in [0.15, 0.2) is 10.6 Å². The van der Waals surface area contributed by atoms with Crippen LogP contribution in [0.1, 0.15) is 12.2 Å². The molecule has 1 aromatic heterocycles. The summed E-state index contributed by atoms with van der Waals surface area (Å²) >= 11 is 5.71. The predicted octanol–water partition coefficient (Wildman–Crippen LogP) is 0.660. The molecule has 0 spiro atoms. The fourth-order valence-electron chi connectivity index (χ4n) is 3.47. The van der Waals surface area contributed by atoms with Gasteiger partial charge in [0.1, 0.15) is 5.76 Å². The van der Waals surface area contributed by atoms with Crippen LogP contribution in [0.25, 0.3) is 0 Å². The van der Waals surface area contributed by atoms with E-state index in [4.69, 9.17) is 20.9 Å². The van der Waals surface area contributed by atoms with E-state index < -0.39 is 0 Å². The fraction of sp³-hybridized carbons (Fsp3) is 0.750. The van der Waals surface area contributed by atoms with Crippen LogP contribution < -0.4 is 0 Å². The molecule has 1 aromatic rings. The molecule has 1 N–H and O–H groups in total. The molecule has 3 heterocycles. The van der Waals surface area contributed by atoms with Gasteiger partial charge in [-0.2, -0.15) is 0 Å².